The maximum atomic E-state index is 13.4. The Labute approximate surface area is 137 Å². The van der Waals surface area contributed by atoms with Gasteiger partial charge in [0.15, 0.2) is 0 Å². The molecule has 1 aromatic heterocycles. The molecule has 1 unspecified atom stereocenters. The van der Waals surface area contributed by atoms with E-state index in [2.05, 4.69) is 10.3 Å². The summed E-state index contributed by atoms with van der Waals surface area (Å²) in [5, 5.41) is 3.25. The third kappa shape index (κ3) is 2.45. The van der Waals surface area contributed by atoms with Crippen LogP contribution in [0.3, 0.4) is 0 Å². The molecule has 23 heavy (non-hydrogen) atoms. The van der Waals surface area contributed by atoms with Crippen LogP contribution in [-0.4, -0.2) is 16.9 Å². The van der Waals surface area contributed by atoms with E-state index < -0.39 is 23.3 Å². The first kappa shape index (κ1) is 15.4. The number of nitrogens with zero attached hydrogens (tertiary/aromatic N) is 2. The number of imide groups is 1. The molecule has 0 aliphatic carbocycles. The summed E-state index contributed by atoms with van der Waals surface area (Å²) in [6, 6.07) is 7.17. The van der Waals surface area contributed by atoms with Crippen molar-refractivity contribution in [1.82, 2.24) is 10.3 Å². The van der Waals surface area contributed by atoms with Gasteiger partial charge in [-0.05, 0) is 24.1 Å². The smallest absolute Gasteiger partial charge is 0.319 e. The molecule has 3 amide bonds. The number of anilines is 1. The van der Waals surface area contributed by atoms with E-state index in [0.717, 1.165) is 17.2 Å². The molecule has 3 rings (SSSR count). The summed E-state index contributed by atoms with van der Waals surface area (Å²) < 4.78 is 13.4. The van der Waals surface area contributed by atoms with Crippen LogP contribution in [0.5, 0.6) is 0 Å². The van der Waals surface area contributed by atoms with E-state index in [9.17, 15) is 14.0 Å². The lowest BCUT2D eigenvalue weighted by Gasteiger charge is -2.25. The molecule has 7 heteroatoms. The fourth-order valence-electron chi connectivity index (χ4n) is 2.71. The zero-order valence-electron chi connectivity index (χ0n) is 12.2. The summed E-state index contributed by atoms with van der Waals surface area (Å²) >= 11 is 5.88. The highest BCUT2D eigenvalue weighted by Crippen LogP contribution is 2.35. The van der Waals surface area contributed by atoms with Crippen molar-refractivity contribution in [2.75, 3.05) is 4.90 Å². The first-order chi connectivity index (χ1) is 11.0. The second-order valence-corrected chi connectivity index (χ2v) is 5.63. The first-order valence-corrected chi connectivity index (χ1v) is 7.39. The van der Waals surface area contributed by atoms with E-state index >= 15 is 0 Å². The van der Waals surface area contributed by atoms with Crippen molar-refractivity contribution >= 4 is 29.2 Å². The fourth-order valence-corrected chi connectivity index (χ4v) is 2.83. The molecule has 0 spiro atoms. The number of hydrogen-bond acceptors (Lipinski definition) is 3. The minimum atomic E-state index is -1.20. The van der Waals surface area contributed by atoms with Gasteiger partial charge < -0.3 is 5.32 Å². The molecule has 1 aliphatic heterocycles. The molecule has 1 saturated heterocycles. The average Bonchev–Trinajstić information content (AvgIpc) is 2.79. The third-order valence-electron chi connectivity index (χ3n) is 3.91. The van der Waals surface area contributed by atoms with Gasteiger partial charge in [0.05, 0.1) is 18.1 Å². The molecule has 0 radical (unpaired) electrons. The SMILES string of the molecule is CCC1(c2ccc(Cl)cc2)NC(=O)N(c2cncc(F)c2)C1=O. The molecule has 1 aliphatic rings. The van der Waals surface area contributed by atoms with E-state index in [1.807, 2.05) is 0 Å². The van der Waals surface area contributed by atoms with Crippen LogP contribution in [0.15, 0.2) is 42.7 Å². The summed E-state index contributed by atoms with van der Waals surface area (Å²) in [4.78, 5) is 29.9. The molecule has 0 bridgehead atoms. The average molecular weight is 334 g/mol. The molecule has 2 heterocycles. The van der Waals surface area contributed by atoms with E-state index in [1.165, 1.54) is 6.20 Å². The van der Waals surface area contributed by atoms with Crippen LogP contribution in [0.4, 0.5) is 14.9 Å². The van der Waals surface area contributed by atoms with E-state index in [4.69, 9.17) is 11.6 Å². The van der Waals surface area contributed by atoms with Crippen LogP contribution < -0.4 is 10.2 Å². The normalized spacial score (nSPS) is 20.7. The van der Waals surface area contributed by atoms with Crippen LogP contribution >= 0.6 is 11.6 Å². The Bertz CT molecular complexity index is 781. The second-order valence-electron chi connectivity index (χ2n) is 5.20. The van der Waals surface area contributed by atoms with Crippen LogP contribution in [0, 0.1) is 5.82 Å². The number of rotatable bonds is 3. The van der Waals surface area contributed by atoms with Gasteiger partial charge in [-0.3, -0.25) is 9.78 Å². The molecule has 1 aromatic carbocycles. The lowest BCUT2D eigenvalue weighted by Crippen LogP contribution is -2.43. The van der Waals surface area contributed by atoms with Gasteiger partial charge in [-0.1, -0.05) is 30.7 Å². The molecular weight excluding hydrogens is 321 g/mol. The number of carbonyl (C=O) groups is 2. The van der Waals surface area contributed by atoms with Gasteiger partial charge in [-0.2, -0.15) is 0 Å². The minimum Gasteiger partial charge on any atom is -0.319 e. The monoisotopic (exact) mass is 333 g/mol. The van der Waals surface area contributed by atoms with Crippen LogP contribution in [-0.2, 0) is 10.3 Å². The Balaban J connectivity index is 2.06. The highest BCUT2D eigenvalue weighted by atomic mass is 35.5. The molecular formula is C16H13ClFN3O2. The Morgan fingerprint density at radius 3 is 2.57 bits per heavy atom. The Hall–Kier alpha value is -2.47. The number of aromatic nitrogens is 1. The van der Waals surface area contributed by atoms with Crippen LogP contribution in [0.1, 0.15) is 18.9 Å². The summed E-state index contributed by atoms with van der Waals surface area (Å²) in [6.45, 7) is 1.79. The zero-order chi connectivity index (χ0) is 16.6. The number of urea groups is 1. The van der Waals surface area contributed by atoms with E-state index in [-0.39, 0.29) is 5.69 Å². The molecule has 5 nitrogen and oxygen atoms in total. The Morgan fingerprint density at radius 1 is 1.26 bits per heavy atom. The molecule has 1 N–H and O–H groups in total. The Morgan fingerprint density at radius 2 is 1.96 bits per heavy atom. The number of carbonyl (C=O) groups excluding carboxylic acids is 2. The quantitative estimate of drug-likeness (QED) is 0.877. The van der Waals surface area contributed by atoms with Gasteiger partial charge in [-0.25, -0.2) is 14.1 Å². The number of amides is 3. The lowest BCUT2D eigenvalue weighted by atomic mass is 9.87. The van der Waals surface area contributed by atoms with Crippen molar-refractivity contribution in [2.24, 2.45) is 0 Å². The molecule has 118 valence electrons. The molecule has 1 atom stereocenters. The number of halogens is 2. The van der Waals surface area contributed by atoms with Crippen LogP contribution in [0.2, 0.25) is 5.02 Å². The summed E-state index contributed by atoms with van der Waals surface area (Å²) in [5.41, 5.74) is -0.486. The van der Waals surface area contributed by atoms with Crippen molar-refractivity contribution in [3.05, 3.63) is 59.1 Å². The number of pyridine rings is 1. The van der Waals surface area contributed by atoms with Crippen molar-refractivity contribution < 1.29 is 14.0 Å². The van der Waals surface area contributed by atoms with Crippen molar-refractivity contribution in [2.45, 2.75) is 18.9 Å². The minimum absolute atomic E-state index is 0.0942. The zero-order valence-corrected chi connectivity index (χ0v) is 13.0. The van der Waals surface area contributed by atoms with Crippen molar-refractivity contribution in [3.63, 3.8) is 0 Å². The van der Waals surface area contributed by atoms with Crippen LogP contribution in [0.25, 0.3) is 0 Å². The third-order valence-corrected chi connectivity index (χ3v) is 4.16. The predicted molar refractivity (Wildman–Crippen MR) is 83.6 cm³/mol. The fraction of sp³-hybridized carbons (Fsp3) is 0.188. The lowest BCUT2D eigenvalue weighted by molar-refractivity contribution is -0.122. The topological polar surface area (TPSA) is 62.3 Å². The highest BCUT2D eigenvalue weighted by molar-refractivity contribution is 6.30. The Kier molecular flexibility index (Phi) is 3.77. The summed E-state index contributed by atoms with van der Waals surface area (Å²) in [7, 11) is 0. The largest absolute Gasteiger partial charge is 0.330 e. The van der Waals surface area contributed by atoms with Gasteiger partial charge >= 0.3 is 6.03 Å². The summed E-state index contributed by atoms with van der Waals surface area (Å²) in [5.74, 6) is -1.09. The second kappa shape index (κ2) is 5.62. The van der Waals surface area contributed by atoms with Gasteiger partial charge in [0, 0.05) is 11.1 Å². The van der Waals surface area contributed by atoms with Crippen molar-refractivity contribution in [1.29, 1.82) is 0 Å². The molecule has 1 fully saturated rings. The summed E-state index contributed by atoms with van der Waals surface area (Å²) in [6.07, 6.45) is 2.63. The van der Waals surface area contributed by atoms with E-state index in [1.54, 1.807) is 31.2 Å². The predicted octanol–water partition coefficient (Wildman–Crippen LogP) is 3.24. The number of hydrogen-bond donors (Lipinski definition) is 1. The van der Waals surface area contributed by atoms with Crippen molar-refractivity contribution in [3.8, 4) is 0 Å². The first-order valence-electron chi connectivity index (χ1n) is 7.01. The maximum absolute atomic E-state index is 13.4. The molecule has 2 aromatic rings. The maximum Gasteiger partial charge on any atom is 0.330 e. The number of benzene rings is 1. The van der Waals surface area contributed by atoms with E-state index in [0.29, 0.717) is 17.0 Å². The van der Waals surface area contributed by atoms with Gasteiger partial charge in [0.25, 0.3) is 5.91 Å². The molecule has 0 saturated carbocycles. The van der Waals surface area contributed by atoms with Gasteiger partial charge in [0.1, 0.15) is 11.4 Å². The standard InChI is InChI=1S/C16H13ClFN3O2/c1-2-16(10-3-5-11(17)6-4-10)14(22)21(15(23)20-16)13-7-12(18)8-19-9-13/h3-9H,2H2,1H3,(H,20,23). The van der Waals surface area contributed by atoms with Gasteiger partial charge in [0.2, 0.25) is 0 Å². The number of nitrogens with one attached hydrogen (secondary N) is 1. The highest BCUT2D eigenvalue weighted by Gasteiger charge is 2.51. The van der Waals surface area contributed by atoms with Gasteiger partial charge in [-0.15, -0.1) is 0 Å².